The first-order valence-electron chi connectivity index (χ1n) is 7.52. The number of hydrogen-bond acceptors (Lipinski definition) is 2. The minimum atomic E-state index is 0.627. The van der Waals surface area contributed by atoms with Crippen LogP contribution in [-0.4, -0.2) is 19.8 Å². The highest BCUT2D eigenvalue weighted by atomic mass is 16.5. The first kappa shape index (κ1) is 14.4. The van der Waals surface area contributed by atoms with E-state index in [9.17, 15) is 0 Å². The van der Waals surface area contributed by atoms with E-state index in [1.54, 1.807) is 7.11 Å². The molecule has 106 valence electrons. The lowest BCUT2D eigenvalue weighted by Gasteiger charge is -2.33. The van der Waals surface area contributed by atoms with Crippen molar-refractivity contribution < 1.29 is 4.74 Å². The van der Waals surface area contributed by atoms with E-state index in [4.69, 9.17) is 4.74 Å². The Hall–Kier alpha value is -1.02. The molecule has 1 aromatic rings. The topological polar surface area (TPSA) is 21.3 Å². The zero-order valence-corrected chi connectivity index (χ0v) is 12.5. The van der Waals surface area contributed by atoms with Crippen molar-refractivity contribution in [2.24, 2.45) is 11.8 Å². The van der Waals surface area contributed by atoms with E-state index in [-0.39, 0.29) is 0 Å². The first-order valence-corrected chi connectivity index (χ1v) is 7.52. The summed E-state index contributed by atoms with van der Waals surface area (Å²) in [4.78, 5) is 0. The van der Waals surface area contributed by atoms with Gasteiger partial charge in [-0.05, 0) is 49.1 Å². The van der Waals surface area contributed by atoms with Crippen LogP contribution >= 0.6 is 0 Å². The summed E-state index contributed by atoms with van der Waals surface area (Å²) >= 11 is 0. The molecule has 2 rings (SSSR count). The van der Waals surface area contributed by atoms with Gasteiger partial charge in [0.1, 0.15) is 0 Å². The summed E-state index contributed by atoms with van der Waals surface area (Å²) in [7, 11) is 1.76. The molecule has 2 nitrogen and oxygen atoms in total. The van der Waals surface area contributed by atoms with Gasteiger partial charge >= 0.3 is 0 Å². The Bertz CT molecular complexity index is 381. The number of benzene rings is 1. The Morgan fingerprint density at radius 3 is 2.47 bits per heavy atom. The van der Waals surface area contributed by atoms with E-state index in [0.717, 1.165) is 24.9 Å². The smallest absolute Gasteiger partial charge is 0.0503 e. The van der Waals surface area contributed by atoms with E-state index in [2.05, 4.69) is 43.4 Å². The molecule has 0 spiro atoms. The average molecular weight is 261 g/mol. The monoisotopic (exact) mass is 261 g/mol. The van der Waals surface area contributed by atoms with Gasteiger partial charge in [0, 0.05) is 18.8 Å². The molecule has 0 amide bonds. The summed E-state index contributed by atoms with van der Waals surface area (Å²) in [5, 5.41) is 3.76. The minimum Gasteiger partial charge on any atom is -0.384 e. The number of hydrogen-bond donors (Lipinski definition) is 1. The van der Waals surface area contributed by atoms with Gasteiger partial charge in [-0.3, -0.25) is 0 Å². The summed E-state index contributed by atoms with van der Waals surface area (Å²) in [5.74, 6) is 1.68. The molecule has 2 atom stereocenters. The molecular weight excluding hydrogens is 234 g/mol. The van der Waals surface area contributed by atoms with Crippen LogP contribution in [0.1, 0.15) is 38.7 Å². The van der Waals surface area contributed by atoms with E-state index < -0.39 is 0 Å². The second-order valence-corrected chi connectivity index (χ2v) is 6.16. The van der Waals surface area contributed by atoms with Gasteiger partial charge < -0.3 is 10.1 Å². The van der Waals surface area contributed by atoms with Gasteiger partial charge in [0.25, 0.3) is 0 Å². The Morgan fingerprint density at radius 1 is 1.11 bits per heavy atom. The van der Waals surface area contributed by atoms with Gasteiger partial charge in [0.2, 0.25) is 0 Å². The predicted molar refractivity (Wildman–Crippen MR) is 81.6 cm³/mol. The standard InChI is InChI=1S/C17H27NO/c1-13-10-14(2)12-16(11-13)18-17-7-5-4-6-15(17)8-9-19-3/h4-7,13-14,16,18H,8-12H2,1-3H3. The number of anilines is 1. The Labute approximate surface area is 117 Å². The Balaban J connectivity index is 2.01. The van der Waals surface area contributed by atoms with Gasteiger partial charge in [-0.15, -0.1) is 0 Å². The van der Waals surface area contributed by atoms with Crippen LogP contribution in [0.3, 0.4) is 0 Å². The molecule has 1 fully saturated rings. The van der Waals surface area contributed by atoms with Crippen molar-refractivity contribution in [1.29, 1.82) is 0 Å². The molecule has 0 aliphatic heterocycles. The molecule has 0 aromatic heterocycles. The molecule has 1 aliphatic carbocycles. The maximum atomic E-state index is 5.20. The zero-order chi connectivity index (χ0) is 13.7. The molecule has 2 heteroatoms. The highest BCUT2D eigenvalue weighted by Gasteiger charge is 2.24. The third kappa shape index (κ3) is 4.24. The van der Waals surface area contributed by atoms with Crippen LogP contribution in [0.25, 0.3) is 0 Å². The molecule has 0 saturated heterocycles. The molecule has 1 aliphatic rings. The van der Waals surface area contributed by atoms with Crippen molar-refractivity contribution in [3.63, 3.8) is 0 Å². The molecule has 1 N–H and O–H groups in total. The average Bonchev–Trinajstić information content (AvgIpc) is 2.36. The van der Waals surface area contributed by atoms with Crippen LogP contribution in [0.5, 0.6) is 0 Å². The van der Waals surface area contributed by atoms with E-state index in [0.29, 0.717) is 6.04 Å². The SMILES string of the molecule is COCCc1ccccc1NC1CC(C)CC(C)C1. The second kappa shape index (κ2) is 6.95. The lowest BCUT2D eigenvalue weighted by molar-refractivity contribution is 0.202. The van der Waals surface area contributed by atoms with Crippen LogP contribution in [0.2, 0.25) is 0 Å². The van der Waals surface area contributed by atoms with Crippen LogP contribution in [-0.2, 0) is 11.2 Å². The molecule has 1 aromatic carbocycles. The molecule has 19 heavy (non-hydrogen) atoms. The lowest BCUT2D eigenvalue weighted by atomic mass is 9.80. The number of ether oxygens (including phenoxy) is 1. The van der Waals surface area contributed by atoms with Crippen molar-refractivity contribution in [2.75, 3.05) is 19.0 Å². The molecular formula is C17H27NO. The van der Waals surface area contributed by atoms with Crippen molar-refractivity contribution >= 4 is 5.69 Å². The third-order valence-corrected chi connectivity index (χ3v) is 4.13. The fourth-order valence-corrected chi connectivity index (χ4v) is 3.38. The van der Waals surface area contributed by atoms with Crippen LogP contribution in [0, 0.1) is 11.8 Å². The largest absolute Gasteiger partial charge is 0.384 e. The van der Waals surface area contributed by atoms with Crippen LogP contribution in [0.4, 0.5) is 5.69 Å². The summed E-state index contributed by atoms with van der Waals surface area (Å²) in [5.41, 5.74) is 2.67. The fraction of sp³-hybridized carbons (Fsp3) is 0.647. The summed E-state index contributed by atoms with van der Waals surface area (Å²) in [6, 6.07) is 9.27. The Morgan fingerprint density at radius 2 is 1.79 bits per heavy atom. The fourth-order valence-electron chi connectivity index (χ4n) is 3.38. The number of nitrogens with one attached hydrogen (secondary N) is 1. The Kier molecular flexibility index (Phi) is 5.26. The van der Waals surface area contributed by atoms with Crippen molar-refractivity contribution in [3.8, 4) is 0 Å². The lowest BCUT2D eigenvalue weighted by Crippen LogP contribution is -2.30. The van der Waals surface area contributed by atoms with E-state index >= 15 is 0 Å². The van der Waals surface area contributed by atoms with E-state index in [1.807, 2.05) is 0 Å². The number of methoxy groups -OCH3 is 1. The summed E-state index contributed by atoms with van der Waals surface area (Å²) in [6.07, 6.45) is 4.95. The van der Waals surface area contributed by atoms with Crippen molar-refractivity contribution in [3.05, 3.63) is 29.8 Å². The molecule has 0 heterocycles. The summed E-state index contributed by atoms with van der Waals surface area (Å²) in [6.45, 7) is 5.54. The highest BCUT2D eigenvalue weighted by Crippen LogP contribution is 2.31. The van der Waals surface area contributed by atoms with Gasteiger partial charge in [0.15, 0.2) is 0 Å². The van der Waals surface area contributed by atoms with Gasteiger partial charge in [0.05, 0.1) is 6.61 Å². The third-order valence-electron chi connectivity index (χ3n) is 4.13. The van der Waals surface area contributed by atoms with Gasteiger partial charge in [-0.25, -0.2) is 0 Å². The van der Waals surface area contributed by atoms with Crippen molar-refractivity contribution in [2.45, 2.75) is 45.6 Å². The van der Waals surface area contributed by atoms with Gasteiger partial charge in [-0.1, -0.05) is 32.0 Å². The maximum absolute atomic E-state index is 5.20. The first-order chi connectivity index (χ1) is 9.19. The normalized spacial score (nSPS) is 27.2. The predicted octanol–water partition coefficient (Wildman–Crippen LogP) is 4.11. The summed E-state index contributed by atoms with van der Waals surface area (Å²) < 4.78 is 5.20. The van der Waals surface area contributed by atoms with Gasteiger partial charge in [-0.2, -0.15) is 0 Å². The molecule has 0 bridgehead atoms. The van der Waals surface area contributed by atoms with Crippen LogP contribution in [0.15, 0.2) is 24.3 Å². The van der Waals surface area contributed by atoms with Crippen molar-refractivity contribution in [1.82, 2.24) is 0 Å². The number of para-hydroxylation sites is 1. The second-order valence-electron chi connectivity index (χ2n) is 6.16. The molecule has 2 unspecified atom stereocenters. The molecule has 0 radical (unpaired) electrons. The minimum absolute atomic E-state index is 0.627. The van der Waals surface area contributed by atoms with E-state index in [1.165, 1.54) is 30.5 Å². The molecule has 1 saturated carbocycles. The quantitative estimate of drug-likeness (QED) is 0.861. The number of rotatable bonds is 5. The highest BCUT2D eigenvalue weighted by molar-refractivity contribution is 5.52. The van der Waals surface area contributed by atoms with Crippen LogP contribution < -0.4 is 5.32 Å². The maximum Gasteiger partial charge on any atom is 0.0503 e. The zero-order valence-electron chi connectivity index (χ0n) is 12.5.